The van der Waals surface area contributed by atoms with Crippen molar-refractivity contribution in [2.24, 2.45) is 0 Å². The van der Waals surface area contributed by atoms with Crippen LogP contribution < -0.4 is 10.1 Å². The molecule has 0 aliphatic carbocycles. The number of ether oxygens (including phenoxy) is 1. The average Bonchev–Trinajstić information content (AvgIpc) is 2.51. The van der Waals surface area contributed by atoms with Crippen molar-refractivity contribution in [2.45, 2.75) is 20.0 Å². The van der Waals surface area contributed by atoms with Crippen LogP contribution in [0.15, 0.2) is 36.4 Å². The molecule has 0 heterocycles. The molecule has 0 bridgehead atoms. The number of nitrogens with zero attached hydrogens (tertiary/aromatic N) is 1. The second-order valence-electron chi connectivity index (χ2n) is 5.08. The van der Waals surface area contributed by atoms with Crippen LogP contribution in [0.3, 0.4) is 0 Å². The molecule has 0 radical (unpaired) electrons. The summed E-state index contributed by atoms with van der Waals surface area (Å²) >= 11 is 11.8. The Hall–Kier alpha value is -2.31. The van der Waals surface area contributed by atoms with Crippen LogP contribution in [0.5, 0.6) is 5.75 Å². The summed E-state index contributed by atoms with van der Waals surface area (Å²) in [5, 5.41) is 14.1. The lowest BCUT2D eigenvalue weighted by molar-refractivity contribution is -0.384. The molecule has 0 aliphatic rings. The molecule has 6 nitrogen and oxygen atoms in total. The predicted octanol–water partition coefficient (Wildman–Crippen LogP) is 4.62. The summed E-state index contributed by atoms with van der Waals surface area (Å²) in [7, 11) is 0. The zero-order valence-corrected chi connectivity index (χ0v) is 14.4. The molecule has 0 aromatic heterocycles. The second-order valence-corrected chi connectivity index (χ2v) is 5.92. The molecule has 1 amide bonds. The number of carbonyl (C=O) groups excluding carboxylic acids is 1. The Balaban J connectivity index is 2.11. The number of aryl methyl sites for hydroxylation is 1. The summed E-state index contributed by atoms with van der Waals surface area (Å²) in [6, 6.07) is 8.85. The molecule has 1 N–H and O–H groups in total. The molecule has 0 fully saturated rings. The van der Waals surface area contributed by atoms with Gasteiger partial charge in [-0.2, -0.15) is 0 Å². The van der Waals surface area contributed by atoms with Crippen LogP contribution in [0.1, 0.15) is 12.5 Å². The maximum Gasteiger partial charge on any atom is 0.271 e. The summed E-state index contributed by atoms with van der Waals surface area (Å²) < 4.78 is 5.60. The molecular weight excluding hydrogens is 355 g/mol. The Morgan fingerprint density at radius 2 is 1.96 bits per heavy atom. The van der Waals surface area contributed by atoms with Gasteiger partial charge in [0.1, 0.15) is 5.75 Å². The molecular formula is C16H14Cl2N2O4. The summed E-state index contributed by atoms with van der Waals surface area (Å²) in [5.74, 6) is 0.0407. The average molecular weight is 369 g/mol. The van der Waals surface area contributed by atoms with Crippen LogP contribution in [0, 0.1) is 17.0 Å². The van der Waals surface area contributed by atoms with E-state index in [0.29, 0.717) is 10.8 Å². The van der Waals surface area contributed by atoms with Gasteiger partial charge < -0.3 is 10.1 Å². The van der Waals surface area contributed by atoms with E-state index in [1.165, 1.54) is 18.2 Å². The van der Waals surface area contributed by atoms with E-state index < -0.39 is 16.9 Å². The maximum absolute atomic E-state index is 12.2. The van der Waals surface area contributed by atoms with Gasteiger partial charge in [-0.15, -0.1) is 0 Å². The van der Waals surface area contributed by atoms with Crippen molar-refractivity contribution in [3.63, 3.8) is 0 Å². The lowest BCUT2D eigenvalue weighted by Gasteiger charge is -2.16. The van der Waals surface area contributed by atoms with Gasteiger partial charge in [-0.1, -0.05) is 23.2 Å². The van der Waals surface area contributed by atoms with Crippen LogP contribution >= 0.6 is 23.2 Å². The van der Waals surface area contributed by atoms with E-state index in [1.807, 2.05) is 6.92 Å². The van der Waals surface area contributed by atoms with Crippen molar-refractivity contribution >= 4 is 40.5 Å². The van der Waals surface area contributed by atoms with Crippen molar-refractivity contribution in [2.75, 3.05) is 5.32 Å². The number of non-ortho nitro benzene ring substituents is 1. The maximum atomic E-state index is 12.2. The van der Waals surface area contributed by atoms with E-state index in [4.69, 9.17) is 27.9 Å². The topological polar surface area (TPSA) is 81.5 Å². The first kappa shape index (κ1) is 18.0. The van der Waals surface area contributed by atoms with E-state index in [-0.39, 0.29) is 16.4 Å². The molecule has 24 heavy (non-hydrogen) atoms. The minimum absolute atomic E-state index is 0.152. The van der Waals surface area contributed by atoms with Gasteiger partial charge in [0.15, 0.2) is 6.10 Å². The van der Waals surface area contributed by atoms with Crippen LogP contribution in [-0.2, 0) is 4.79 Å². The number of halogens is 2. The summed E-state index contributed by atoms with van der Waals surface area (Å²) in [6.45, 7) is 3.37. The molecule has 2 rings (SSSR count). The number of nitro groups is 1. The molecule has 0 unspecified atom stereocenters. The van der Waals surface area contributed by atoms with Crippen molar-refractivity contribution in [1.82, 2.24) is 0 Å². The number of carbonyl (C=O) groups is 1. The summed E-state index contributed by atoms with van der Waals surface area (Å²) in [6.07, 6.45) is -0.833. The van der Waals surface area contributed by atoms with Gasteiger partial charge in [0.25, 0.3) is 11.6 Å². The van der Waals surface area contributed by atoms with E-state index >= 15 is 0 Å². The normalized spacial score (nSPS) is 11.7. The first-order valence-electron chi connectivity index (χ1n) is 6.95. The van der Waals surface area contributed by atoms with E-state index in [2.05, 4.69) is 5.32 Å². The zero-order valence-electron chi connectivity index (χ0n) is 12.9. The van der Waals surface area contributed by atoms with Gasteiger partial charge in [0, 0.05) is 17.2 Å². The van der Waals surface area contributed by atoms with Gasteiger partial charge in [-0.3, -0.25) is 14.9 Å². The summed E-state index contributed by atoms with van der Waals surface area (Å²) in [5.41, 5.74) is 0.770. The van der Waals surface area contributed by atoms with Gasteiger partial charge >= 0.3 is 0 Å². The Bertz CT molecular complexity index is 796. The molecule has 0 saturated heterocycles. The highest BCUT2D eigenvalue weighted by atomic mass is 35.5. The Morgan fingerprint density at radius 1 is 1.25 bits per heavy atom. The SMILES string of the molecule is Cc1cc(Cl)ccc1O[C@@H](C)C(=O)Nc1cc([N+](=O)[O-])ccc1Cl. The van der Waals surface area contributed by atoms with Crippen LogP contribution in [0.2, 0.25) is 10.0 Å². The third-order valence-corrected chi connectivity index (χ3v) is 3.79. The smallest absolute Gasteiger partial charge is 0.271 e. The number of rotatable bonds is 5. The van der Waals surface area contributed by atoms with Gasteiger partial charge in [-0.05, 0) is 43.7 Å². The molecule has 2 aromatic rings. The first-order valence-corrected chi connectivity index (χ1v) is 7.71. The third-order valence-electron chi connectivity index (χ3n) is 3.23. The quantitative estimate of drug-likeness (QED) is 0.616. The van der Waals surface area contributed by atoms with E-state index in [9.17, 15) is 14.9 Å². The van der Waals surface area contributed by atoms with Crippen LogP contribution in [-0.4, -0.2) is 16.9 Å². The monoisotopic (exact) mass is 368 g/mol. The highest BCUT2D eigenvalue weighted by molar-refractivity contribution is 6.33. The second kappa shape index (κ2) is 7.51. The highest BCUT2D eigenvalue weighted by Gasteiger charge is 2.18. The molecule has 0 saturated carbocycles. The molecule has 0 aliphatic heterocycles. The Kier molecular flexibility index (Phi) is 5.64. The standard InChI is InChI=1S/C16H14Cl2N2O4/c1-9-7-11(17)3-6-15(9)24-10(2)16(21)19-14-8-12(20(22)23)4-5-13(14)18/h3-8,10H,1-2H3,(H,19,21)/t10-/m0/s1. The fourth-order valence-corrected chi connectivity index (χ4v) is 2.34. The number of anilines is 1. The fourth-order valence-electron chi connectivity index (χ4n) is 1.95. The van der Waals surface area contributed by atoms with Crippen molar-refractivity contribution in [1.29, 1.82) is 0 Å². The highest BCUT2D eigenvalue weighted by Crippen LogP contribution is 2.27. The number of nitrogens with one attached hydrogen (secondary N) is 1. The number of hydrogen-bond donors (Lipinski definition) is 1. The third kappa shape index (κ3) is 4.37. The number of amides is 1. The lowest BCUT2D eigenvalue weighted by atomic mass is 10.2. The van der Waals surface area contributed by atoms with E-state index in [1.54, 1.807) is 25.1 Å². The molecule has 8 heteroatoms. The van der Waals surface area contributed by atoms with Crippen molar-refractivity contribution in [3.05, 3.63) is 62.1 Å². The largest absolute Gasteiger partial charge is 0.481 e. The fraction of sp³-hybridized carbons (Fsp3) is 0.188. The number of hydrogen-bond acceptors (Lipinski definition) is 4. The molecule has 0 spiro atoms. The molecule has 2 aromatic carbocycles. The minimum atomic E-state index is -0.833. The number of benzene rings is 2. The first-order chi connectivity index (χ1) is 11.3. The lowest BCUT2D eigenvalue weighted by Crippen LogP contribution is -2.30. The van der Waals surface area contributed by atoms with Crippen LogP contribution in [0.25, 0.3) is 0 Å². The Morgan fingerprint density at radius 3 is 2.58 bits per heavy atom. The van der Waals surface area contributed by atoms with Gasteiger partial charge in [-0.25, -0.2) is 0 Å². The summed E-state index contributed by atoms with van der Waals surface area (Å²) in [4.78, 5) is 22.5. The zero-order chi connectivity index (χ0) is 17.9. The van der Waals surface area contributed by atoms with Crippen LogP contribution in [0.4, 0.5) is 11.4 Å². The Labute approximate surface area is 148 Å². The van der Waals surface area contributed by atoms with Gasteiger partial charge in [0.05, 0.1) is 15.6 Å². The van der Waals surface area contributed by atoms with Gasteiger partial charge in [0.2, 0.25) is 0 Å². The molecule has 126 valence electrons. The predicted molar refractivity (Wildman–Crippen MR) is 93.0 cm³/mol. The van der Waals surface area contributed by atoms with Crippen molar-refractivity contribution in [3.8, 4) is 5.75 Å². The minimum Gasteiger partial charge on any atom is -0.481 e. The van der Waals surface area contributed by atoms with E-state index in [0.717, 1.165) is 5.56 Å². The molecule has 1 atom stereocenters. The van der Waals surface area contributed by atoms with Crippen molar-refractivity contribution < 1.29 is 14.5 Å². The number of nitro benzene ring substituents is 1.